The Labute approximate surface area is 83.6 Å². The second kappa shape index (κ2) is 3.80. The molecular weight excluding hydrogens is 176 g/mol. The Hall–Kier alpha value is -1.35. The van der Waals surface area contributed by atoms with Crippen LogP contribution in [0.3, 0.4) is 0 Å². The van der Waals surface area contributed by atoms with Crippen molar-refractivity contribution in [3.05, 3.63) is 30.1 Å². The standard InChI is InChI=1S/C11H14N2O/c1-14-10-3-2-6-13-11(10)8-4-5-9(12)7-8/h2-3,6-7,9H,4-5,12H2,1H3. The predicted molar refractivity (Wildman–Crippen MR) is 56.0 cm³/mol. The van der Waals surface area contributed by atoms with Crippen LogP contribution in [0.15, 0.2) is 24.4 Å². The molecule has 0 spiro atoms. The van der Waals surface area contributed by atoms with Crippen LogP contribution in [0.25, 0.3) is 5.57 Å². The zero-order chi connectivity index (χ0) is 9.97. The third kappa shape index (κ3) is 1.63. The fourth-order valence-corrected chi connectivity index (χ4v) is 1.74. The van der Waals surface area contributed by atoms with Crippen LogP contribution in [-0.4, -0.2) is 18.1 Å². The molecule has 0 radical (unpaired) electrons. The molecule has 1 aliphatic rings. The van der Waals surface area contributed by atoms with Crippen LogP contribution in [0.4, 0.5) is 0 Å². The summed E-state index contributed by atoms with van der Waals surface area (Å²) in [5, 5.41) is 0. The quantitative estimate of drug-likeness (QED) is 0.770. The molecule has 1 heterocycles. The van der Waals surface area contributed by atoms with E-state index in [0.717, 1.165) is 24.3 Å². The first-order valence-corrected chi connectivity index (χ1v) is 4.77. The van der Waals surface area contributed by atoms with Crippen LogP contribution < -0.4 is 10.5 Å². The Morgan fingerprint density at radius 1 is 1.57 bits per heavy atom. The molecule has 2 rings (SSSR count). The minimum Gasteiger partial charge on any atom is -0.494 e. The number of allylic oxidation sites excluding steroid dienone is 1. The summed E-state index contributed by atoms with van der Waals surface area (Å²) in [6, 6.07) is 3.97. The highest BCUT2D eigenvalue weighted by Gasteiger charge is 2.17. The van der Waals surface area contributed by atoms with E-state index in [-0.39, 0.29) is 6.04 Å². The third-order valence-corrected chi connectivity index (χ3v) is 2.46. The van der Waals surface area contributed by atoms with Gasteiger partial charge < -0.3 is 10.5 Å². The van der Waals surface area contributed by atoms with E-state index in [9.17, 15) is 0 Å². The molecule has 1 aliphatic carbocycles. The molecule has 1 unspecified atom stereocenters. The van der Waals surface area contributed by atoms with Gasteiger partial charge in [-0.3, -0.25) is 4.98 Å². The van der Waals surface area contributed by atoms with Gasteiger partial charge in [-0.25, -0.2) is 0 Å². The molecule has 74 valence electrons. The smallest absolute Gasteiger partial charge is 0.144 e. The monoisotopic (exact) mass is 190 g/mol. The van der Waals surface area contributed by atoms with Crippen LogP contribution in [0.1, 0.15) is 18.5 Å². The topological polar surface area (TPSA) is 48.1 Å². The van der Waals surface area contributed by atoms with Gasteiger partial charge in [0.25, 0.3) is 0 Å². The molecule has 0 amide bonds. The van der Waals surface area contributed by atoms with Crippen LogP contribution in [0.2, 0.25) is 0 Å². The Kier molecular flexibility index (Phi) is 2.50. The first kappa shape index (κ1) is 9.21. The first-order valence-electron chi connectivity index (χ1n) is 4.77. The summed E-state index contributed by atoms with van der Waals surface area (Å²) in [6.07, 6.45) is 5.86. The Morgan fingerprint density at radius 3 is 3.07 bits per heavy atom. The number of ether oxygens (including phenoxy) is 1. The van der Waals surface area contributed by atoms with E-state index in [1.54, 1.807) is 13.3 Å². The zero-order valence-electron chi connectivity index (χ0n) is 8.23. The average Bonchev–Trinajstić information content (AvgIpc) is 2.65. The number of aromatic nitrogens is 1. The van der Waals surface area contributed by atoms with Gasteiger partial charge in [-0.1, -0.05) is 6.08 Å². The summed E-state index contributed by atoms with van der Waals surface area (Å²) >= 11 is 0. The maximum absolute atomic E-state index is 5.81. The van der Waals surface area contributed by atoms with Crippen molar-refractivity contribution < 1.29 is 4.74 Å². The lowest BCUT2D eigenvalue weighted by molar-refractivity contribution is 0.411. The molecule has 14 heavy (non-hydrogen) atoms. The fraction of sp³-hybridized carbons (Fsp3) is 0.364. The van der Waals surface area contributed by atoms with Crippen molar-refractivity contribution in [2.24, 2.45) is 5.73 Å². The SMILES string of the molecule is COc1cccnc1C1=CC(N)CC1. The Morgan fingerprint density at radius 2 is 2.43 bits per heavy atom. The summed E-state index contributed by atoms with van der Waals surface area (Å²) < 4.78 is 5.25. The molecule has 0 aliphatic heterocycles. The normalized spacial score (nSPS) is 20.7. The minimum atomic E-state index is 0.178. The highest BCUT2D eigenvalue weighted by Crippen LogP contribution is 2.31. The van der Waals surface area contributed by atoms with Gasteiger partial charge in [0.05, 0.1) is 7.11 Å². The Balaban J connectivity index is 2.36. The second-order valence-corrected chi connectivity index (χ2v) is 3.45. The van der Waals surface area contributed by atoms with Crippen molar-refractivity contribution in [3.63, 3.8) is 0 Å². The van der Waals surface area contributed by atoms with E-state index in [0.29, 0.717) is 0 Å². The third-order valence-electron chi connectivity index (χ3n) is 2.46. The minimum absolute atomic E-state index is 0.178. The van der Waals surface area contributed by atoms with E-state index >= 15 is 0 Å². The van der Waals surface area contributed by atoms with Gasteiger partial charge in [-0.2, -0.15) is 0 Å². The highest BCUT2D eigenvalue weighted by molar-refractivity contribution is 5.69. The van der Waals surface area contributed by atoms with Gasteiger partial charge in [0.2, 0.25) is 0 Å². The molecular formula is C11H14N2O. The van der Waals surface area contributed by atoms with Crippen molar-refractivity contribution in [2.75, 3.05) is 7.11 Å². The largest absolute Gasteiger partial charge is 0.494 e. The van der Waals surface area contributed by atoms with E-state index in [4.69, 9.17) is 10.5 Å². The number of methoxy groups -OCH3 is 1. The molecule has 1 atom stereocenters. The van der Waals surface area contributed by atoms with Crippen LogP contribution in [-0.2, 0) is 0 Å². The molecule has 0 saturated carbocycles. The van der Waals surface area contributed by atoms with Gasteiger partial charge in [-0.05, 0) is 30.5 Å². The van der Waals surface area contributed by atoms with Crippen LogP contribution in [0.5, 0.6) is 5.75 Å². The van der Waals surface area contributed by atoms with Gasteiger partial charge in [0.15, 0.2) is 0 Å². The number of hydrogen-bond acceptors (Lipinski definition) is 3. The van der Waals surface area contributed by atoms with Gasteiger partial charge in [0, 0.05) is 12.2 Å². The number of nitrogens with zero attached hydrogens (tertiary/aromatic N) is 1. The number of pyridine rings is 1. The maximum Gasteiger partial charge on any atom is 0.144 e. The van der Waals surface area contributed by atoms with E-state index in [1.165, 1.54) is 5.57 Å². The van der Waals surface area contributed by atoms with Gasteiger partial charge in [-0.15, -0.1) is 0 Å². The molecule has 1 aromatic rings. The summed E-state index contributed by atoms with van der Waals surface area (Å²) in [7, 11) is 1.66. The first-order chi connectivity index (χ1) is 6.81. The molecule has 1 aromatic heterocycles. The van der Waals surface area contributed by atoms with E-state index in [1.807, 2.05) is 12.1 Å². The van der Waals surface area contributed by atoms with Crippen molar-refractivity contribution >= 4 is 5.57 Å². The lowest BCUT2D eigenvalue weighted by Gasteiger charge is -2.06. The fourth-order valence-electron chi connectivity index (χ4n) is 1.74. The maximum atomic E-state index is 5.81. The average molecular weight is 190 g/mol. The molecule has 3 heteroatoms. The lowest BCUT2D eigenvalue weighted by Crippen LogP contribution is -2.11. The number of hydrogen-bond donors (Lipinski definition) is 1. The number of rotatable bonds is 2. The second-order valence-electron chi connectivity index (χ2n) is 3.45. The molecule has 0 saturated heterocycles. The molecule has 0 aromatic carbocycles. The van der Waals surface area contributed by atoms with Gasteiger partial charge in [0.1, 0.15) is 11.4 Å². The summed E-state index contributed by atoms with van der Waals surface area (Å²) in [5.41, 5.74) is 7.95. The molecule has 0 fully saturated rings. The lowest BCUT2D eigenvalue weighted by atomic mass is 10.1. The van der Waals surface area contributed by atoms with Crippen LogP contribution >= 0.6 is 0 Å². The highest BCUT2D eigenvalue weighted by atomic mass is 16.5. The van der Waals surface area contributed by atoms with Crippen LogP contribution in [0, 0.1) is 0 Å². The van der Waals surface area contributed by atoms with Crippen molar-refractivity contribution in [1.29, 1.82) is 0 Å². The van der Waals surface area contributed by atoms with E-state index < -0.39 is 0 Å². The Bertz CT molecular complexity index is 360. The number of nitrogens with two attached hydrogens (primary N) is 1. The molecule has 2 N–H and O–H groups in total. The predicted octanol–water partition coefficient (Wildman–Crippen LogP) is 1.59. The van der Waals surface area contributed by atoms with Crippen molar-refractivity contribution in [1.82, 2.24) is 4.98 Å². The van der Waals surface area contributed by atoms with Crippen molar-refractivity contribution in [3.8, 4) is 5.75 Å². The summed E-state index contributed by atoms with van der Waals surface area (Å²) in [5.74, 6) is 0.827. The summed E-state index contributed by atoms with van der Waals surface area (Å²) in [4.78, 5) is 4.32. The van der Waals surface area contributed by atoms with Crippen molar-refractivity contribution in [2.45, 2.75) is 18.9 Å². The summed E-state index contributed by atoms with van der Waals surface area (Å²) in [6.45, 7) is 0. The zero-order valence-corrected chi connectivity index (χ0v) is 8.23. The molecule has 0 bridgehead atoms. The van der Waals surface area contributed by atoms with E-state index in [2.05, 4.69) is 11.1 Å². The molecule has 3 nitrogen and oxygen atoms in total. The van der Waals surface area contributed by atoms with Gasteiger partial charge >= 0.3 is 0 Å².